The molecule has 1 rings (SSSR count). The van der Waals surface area contributed by atoms with E-state index in [1.165, 1.54) is 0 Å². The van der Waals surface area contributed by atoms with E-state index in [1.54, 1.807) is 6.07 Å². The van der Waals surface area contributed by atoms with Gasteiger partial charge in [0.25, 0.3) is 5.91 Å². The van der Waals surface area contributed by atoms with Gasteiger partial charge in [-0.3, -0.25) is 4.79 Å². The first kappa shape index (κ1) is 10.1. The zero-order valence-corrected chi connectivity index (χ0v) is 8.27. The Morgan fingerprint density at radius 2 is 2.31 bits per heavy atom. The SMILES string of the molecule is Bc1cccc(C(=O)NCCCl)c1. The first-order chi connectivity index (χ1) is 6.24. The molecule has 68 valence electrons. The molecule has 13 heavy (non-hydrogen) atoms. The van der Waals surface area contributed by atoms with Crippen molar-refractivity contribution >= 4 is 30.8 Å². The summed E-state index contributed by atoms with van der Waals surface area (Å²) in [5.74, 6) is 0.377. The van der Waals surface area contributed by atoms with Crippen LogP contribution in [0.2, 0.25) is 0 Å². The predicted molar refractivity (Wildman–Crippen MR) is 57.7 cm³/mol. The number of nitrogens with one attached hydrogen (secondary N) is 1. The maximum absolute atomic E-state index is 11.4. The Morgan fingerprint density at radius 3 is 2.92 bits per heavy atom. The first-order valence-electron chi connectivity index (χ1n) is 4.15. The standard InChI is InChI=1S/C9H11BClNO/c10-8-3-1-2-7(6-8)9(13)12-5-4-11/h1-3,6H,4-5,10H2,(H,12,13). The Morgan fingerprint density at radius 1 is 1.54 bits per heavy atom. The van der Waals surface area contributed by atoms with Gasteiger partial charge in [-0.1, -0.05) is 23.7 Å². The van der Waals surface area contributed by atoms with E-state index in [0.717, 1.165) is 5.46 Å². The summed E-state index contributed by atoms with van der Waals surface area (Å²) in [5, 5.41) is 2.70. The Hall–Kier alpha value is -0.955. The first-order valence-corrected chi connectivity index (χ1v) is 4.68. The molecule has 1 amide bonds. The lowest BCUT2D eigenvalue weighted by atomic mass is 9.94. The highest BCUT2D eigenvalue weighted by molar-refractivity contribution is 6.32. The maximum atomic E-state index is 11.4. The molecule has 0 bridgehead atoms. The van der Waals surface area contributed by atoms with Crippen molar-refractivity contribution < 1.29 is 4.79 Å². The van der Waals surface area contributed by atoms with Crippen molar-refractivity contribution in [1.82, 2.24) is 5.32 Å². The molecular formula is C9H11BClNO. The molecule has 4 heteroatoms. The van der Waals surface area contributed by atoms with Gasteiger partial charge in [-0.15, -0.1) is 11.6 Å². The highest BCUT2D eigenvalue weighted by Crippen LogP contribution is 1.95. The lowest BCUT2D eigenvalue weighted by molar-refractivity contribution is 0.0956. The van der Waals surface area contributed by atoms with Gasteiger partial charge in [0, 0.05) is 18.0 Å². The summed E-state index contributed by atoms with van der Waals surface area (Å²) >= 11 is 5.45. The van der Waals surface area contributed by atoms with E-state index < -0.39 is 0 Å². The fourth-order valence-corrected chi connectivity index (χ4v) is 1.14. The lowest BCUT2D eigenvalue weighted by Gasteiger charge is -2.03. The van der Waals surface area contributed by atoms with Crippen LogP contribution in [0.25, 0.3) is 0 Å². The van der Waals surface area contributed by atoms with Crippen LogP contribution in [0, 0.1) is 0 Å². The molecule has 1 aromatic carbocycles. The average molecular weight is 195 g/mol. The quantitative estimate of drug-likeness (QED) is 0.530. The fraction of sp³-hybridized carbons (Fsp3) is 0.222. The van der Waals surface area contributed by atoms with Gasteiger partial charge < -0.3 is 5.32 Å². The van der Waals surface area contributed by atoms with Gasteiger partial charge in [0.15, 0.2) is 0 Å². The van der Waals surface area contributed by atoms with Crippen LogP contribution in [0.1, 0.15) is 10.4 Å². The van der Waals surface area contributed by atoms with E-state index in [9.17, 15) is 4.79 Å². The van der Waals surface area contributed by atoms with Crippen molar-refractivity contribution in [3.05, 3.63) is 29.8 Å². The summed E-state index contributed by atoms with van der Waals surface area (Å²) in [5.41, 5.74) is 1.77. The summed E-state index contributed by atoms with van der Waals surface area (Å²) in [7, 11) is 1.96. The van der Waals surface area contributed by atoms with Crippen LogP contribution in [-0.2, 0) is 0 Å². The second-order valence-corrected chi connectivity index (χ2v) is 3.19. The number of carbonyl (C=O) groups is 1. The number of rotatable bonds is 3. The molecule has 0 aliphatic heterocycles. The minimum absolute atomic E-state index is 0.0654. The van der Waals surface area contributed by atoms with Gasteiger partial charge in [-0.25, -0.2) is 0 Å². The van der Waals surface area contributed by atoms with Crippen LogP contribution in [-0.4, -0.2) is 26.2 Å². The third-order valence-corrected chi connectivity index (χ3v) is 1.85. The monoisotopic (exact) mass is 195 g/mol. The molecule has 0 saturated carbocycles. The molecule has 0 aliphatic rings. The maximum Gasteiger partial charge on any atom is 0.251 e. The number of benzene rings is 1. The van der Waals surface area contributed by atoms with Gasteiger partial charge in [-0.2, -0.15) is 0 Å². The molecular weight excluding hydrogens is 184 g/mol. The summed E-state index contributed by atoms with van der Waals surface area (Å²) in [6, 6.07) is 7.46. The largest absolute Gasteiger partial charge is 0.351 e. The molecule has 0 atom stereocenters. The van der Waals surface area contributed by atoms with E-state index in [2.05, 4.69) is 5.32 Å². The van der Waals surface area contributed by atoms with Crippen molar-refractivity contribution in [2.75, 3.05) is 12.4 Å². The highest BCUT2D eigenvalue weighted by Gasteiger charge is 2.02. The van der Waals surface area contributed by atoms with Crippen LogP contribution in [0.5, 0.6) is 0 Å². The number of amides is 1. The fourth-order valence-electron chi connectivity index (χ4n) is 1.05. The normalized spacial score (nSPS) is 9.62. The zero-order chi connectivity index (χ0) is 9.68. The zero-order valence-electron chi connectivity index (χ0n) is 7.51. The molecule has 2 nitrogen and oxygen atoms in total. The summed E-state index contributed by atoms with van der Waals surface area (Å²) in [6.07, 6.45) is 0. The number of hydrogen-bond donors (Lipinski definition) is 1. The van der Waals surface area contributed by atoms with Crippen LogP contribution < -0.4 is 10.8 Å². The molecule has 0 spiro atoms. The van der Waals surface area contributed by atoms with Gasteiger partial charge in [-0.05, 0) is 6.07 Å². The number of hydrogen-bond acceptors (Lipinski definition) is 1. The van der Waals surface area contributed by atoms with Crippen molar-refractivity contribution in [1.29, 1.82) is 0 Å². The molecule has 0 unspecified atom stereocenters. The number of alkyl halides is 1. The van der Waals surface area contributed by atoms with Gasteiger partial charge in [0.05, 0.1) is 0 Å². The molecule has 0 radical (unpaired) electrons. The Balaban J connectivity index is 2.66. The lowest BCUT2D eigenvalue weighted by Crippen LogP contribution is -2.26. The van der Waals surface area contributed by atoms with Gasteiger partial charge in [0.1, 0.15) is 7.85 Å². The minimum Gasteiger partial charge on any atom is -0.351 e. The number of carbonyl (C=O) groups excluding carboxylic acids is 1. The van der Waals surface area contributed by atoms with Crippen LogP contribution >= 0.6 is 11.6 Å². The predicted octanol–water partition coefficient (Wildman–Crippen LogP) is -0.0864. The van der Waals surface area contributed by atoms with Crippen molar-refractivity contribution in [3.8, 4) is 0 Å². The smallest absolute Gasteiger partial charge is 0.251 e. The second-order valence-electron chi connectivity index (χ2n) is 2.81. The highest BCUT2D eigenvalue weighted by atomic mass is 35.5. The topological polar surface area (TPSA) is 29.1 Å². The van der Waals surface area contributed by atoms with E-state index >= 15 is 0 Å². The van der Waals surface area contributed by atoms with E-state index in [4.69, 9.17) is 11.6 Å². The van der Waals surface area contributed by atoms with E-state index in [-0.39, 0.29) is 5.91 Å². The Labute approximate surface area is 83.7 Å². The summed E-state index contributed by atoms with van der Waals surface area (Å²) in [4.78, 5) is 11.4. The Kier molecular flexibility index (Phi) is 3.84. The van der Waals surface area contributed by atoms with Crippen molar-refractivity contribution in [2.24, 2.45) is 0 Å². The minimum atomic E-state index is -0.0654. The molecule has 0 aliphatic carbocycles. The average Bonchev–Trinajstić information content (AvgIpc) is 2.14. The number of halogens is 1. The molecule has 1 N–H and O–H groups in total. The molecule has 0 fully saturated rings. The van der Waals surface area contributed by atoms with Crippen molar-refractivity contribution in [3.63, 3.8) is 0 Å². The van der Waals surface area contributed by atoms with E-state index in [1.807, 2.05) is 26.0 Å². The summed E-state index contributed by atoms with van der Waals surface area (Å²) < 4.78 is 0. The van der Waals surface area contributed by atoms with Gasteiger partial charge in [0.2, 0.25) is 0 Å². The third kappa shape index (κ3) is 3.11. The van der Waals surface area contributed by atoms with Crippen LogP contribution in [0.4, 0.5) is 0 Å². The summed E-state index contributed by atoms with van der Waals surface area (Å²) in [6.45, 7) is 0.508. The molecule has 0 aromatic heterocycles. The van der Waals surface area contributed by atoms with E-state index in [0.29, 0.717) is 18.0 Å². The van der Waals surface area contributed by atoms with Crippen molar-refractivity contribution in [2.45, 2.75) is 0 Å². The molecule has 0 heterocycles. The van der Waals surface area contributed by atoms with Crippen LogP contribution in [0.15, 0.2) is 24.3 Å². The molecule has 1 aromatic rings. The van der Waals surface area contributed by atoms with Crippen LogP contribution in [0.3, 0.4) is 0 Å². The Bertz CT molecular complexity index is 303. The molecule has 0 saturated heterocycles. The van der Waals surface area contributed by atoms with Gasteiger partial charge >= 0.3 is 0 Å². The third-order valence-electron chi connectivity index (χ3n) is 1.66. The second kappa shape index (κ2) is 4.92.